The number of amides is 2. The number of carbonyl (C=O) groups is 2. The van der Waals surface area contributed by atoms with Crippen LogP contribution in [0.15, 0.2) is 12.4 Å². The zero-order chi connectivity index (χ0) is 75.9. The zero-order valence-corrected chi connectivity index (χ0v) is 66.6. The van der Waals surface area contributed by atoms with Gasteiger partial charge in [-0.3, -0.25) is 9.59 Å². The summed E-state index contributed by atoms with van der Waals surface area (Å²) in [5, 5.41) is 22.1. The third kappa shape index (κ3) is 79.4. The lowest BCUT2D eigenvalue weighted by atomic mass is 10.5. The molecule has 0 bridgehead atoms. The van der Waals surface area contributed by atoms with E-state index < -0.39 is 6.67 Å². The Bertz CT molecular complexity index is 1940. The highest BCUT2D eigenvalue weighted by atomic mass is 127. The smallest absolute Gasteiger partial charge is 0.230 e. The van der Waals surface area contributed by atoms with Crippen LogP contribution in [-0.2, 0) is 159 Å². The number of rotatable bonds is 88. The van der Waals surface area contributed by atoms with Gasteiger partial charge in [0.15, 0.2) is 0 Å². The molecule has 36 nitrogen and oxygen atoms in total. The van der Waals surface area contributed by atoms with Gasteiger partial charge in [-0.15, -0.1) is 10.2 Å². The van der Waals surface area contributed by atoms with Crippen molar-refractivity contribution in [3.63, 3.8) is 0 Å². The lowest BCUT2D eigenvalue weighted by molar-refractivity contribution is -0.119. The minimum Gasteiger partial charge on any atom is -0.379 e. The highest BCUT2D eigenvalue weighted by Crippen LogP contribution is 2.00. The Balaban J connectivity index is 0.00000106. The summed E-state index contributed by atoms with van der Waals surface area (Å²) in [6.45, 7) is 28.6. The second-order valence-corrected chi connectivity index (χ2v) is 22.7. The molecule has 2 aromatic rings. The fourth-order valence-electron chi connectivity index (χ4n) is 7.56. The highest BCUT2D eigenvalue weighted by Gasteiger charge is 2.06. The van der Waals surface area contributed by atoms with E-state index in [2.05, 4.69) is 54.1 Å². The number of hydrogen-bond donors (Lipinski definition) is 2. The van der Waals surface area contributed by atoms with Gasteiger partial charge in [-0.05, 0) is 6.42 Å². The Morgan fingerprint density at radius 1 is 0.321 bits per heavy atom. The second kappa shape index (κ2) is 87.9. The first-order chi connectivity index (χ1) is 52.5. The van der Waals surface area contributed by atoms with Gasteiger partial charge in [0.25, 0.3) is 0 Å². The predicted molar refractivity (Wildman–Crippen MR) is 394 cm³/mol. The van der Waals surface area contributed by atoms with Crippen molar-refractivity contribution in [1.82, 2.24) is 40.6 Å². The molecule has 624 valence electrons. The Hall–Kier alpha value is -2.68. The van der Waals surface area contributed by atoms with Gasteiger partial charge in [0.05, 0.1) is 372 Å². The van der Waals surface area contributed by atoms with E-state index in [9.17, 15) is 14.0 Å². The van der Waals surface area contributed by atoms with Gasteiger partial charge in [-0.1, -0.05) is 55.9 Å². The number of nitrogens with zero attached hydrogens (tertiary/aromatic N) is 6. The van der Waals surface area contributed by atoms with Crippen LogP contribution < -0.4 is 10.6 Å². The predicted octanol–water partition coefficient (Wildman–Crippen LogP) is 1.43. The van der Waals surface area contributed by atoms with Crippen LogP contribution in [0, 0.1) is 0 Å². The maximum Gasteiger partial charge on any atom is 0.230 e. The van der Waals surface area contributed by atoms with Crippen molar-refractivity contribution < 1.29 is 137 Å². The third-order valence-corrected chi connectivity index (χ3v) is 13.9. The molecule has 0 saturated heterocycles. The fourth-order valence-corrected chi connectivity index (χ4v) is 8.03. The van der Waals surface area contributed by atoms with Crippen LogP contribution in [-0.4, -0.2) is 402 Å². The van der Waals surface area contributed by atoms with Crippen molar-refractivity contribution in [3.05, 3.63) is 23.8 Å². The van der Waals surface area contributed by atoms with E-state index in [-0.39, 0.29) is 23.8 Å². The maximum atomic E-state index is 11.9. The summed E-state index contributed by atoms with van der Waals surface area (Å²) in [5.41, 5.74) is 1.48. The van der Waals surface area contributed by atoms with E-state index in [0.29, 0.717) is 361 Å². The van der Waals surface area contributed by atoms with Gasteiger partial charge in [0, 0.05) is 19.7 Å². The van der Waals surface area contributed by atoms with Gasteiger partial charge in [0.2, 0.25) is 11.8 Å². The molecule has 2 heterocycles. The van der Waals surface area contributed by atoms with E-state index in [0.717, 1.165) is 24.4 Å². The quantitative estimate of drug-likeness (QED) is 0.0537. The molecule has 0 spiro atoms. The Morgan fingerprint density at radius 3 is 0.755 bits per heavy atom. The molecule has 0 saturated carbocycles. The summed E-state index contributed by atoms with van der Waals surface area (Å²) in [5.74, 6) is -0.0530. The molecule has 2 amide bonds. The standard InChI is InChI=1S/C34H65IN4O14.C33H62BrFN4O14/c1-2-5-41-8-11-44-14-17-47-20-22-50-23-21-49-19-16-46-13-10-43-7-4-39-31-33(37-38-39)32-53-29-28-52-27-26-51-25-24-48-18-15-45-12-9-42-6-3-36-34(40)30-35;34-29-33(40)36-2-5-42-8-11-45-14-17-48-23-24-51-25-26-52-27-28-53-31-32-30-39(38-37-32)3-6-43-9-12-46-15-18-49-20-22-50-21-19-47-16-13-44-10-7-41-4-1-35/h31H,2-30,32H2,1H3,(H,36,40);30H,1-29,31H2,(H,36,40)/i;35-1. The molecule has 0 fully saturated rings. The molecule has 39 heteroatoms. The van der Waals surface area contributed by atoms with Gasteiger partial charge in [-0.25, -0.2) is 13.8 Å². The molecule has 0 aromatic carbocycles. The van der Waals surface area contributed by atoms with Gasteiger partial charge in [-0.2, -0.15) is 0 Å². The van der Waals surface area contributed by atoms with E-state index in [4.69, 9.17) is 123 Å². The van der Waals surface area contributed by atoms with Gasteiger partial charge >= 0.3 is 0 Å². The second-order valence-electron chi connectivity index (χ2n) is 21.4. The molecule has 0 aliphatic heterocycles. The normalized spacial score (nSPS) is 11.5. The van der Waals surface area contributed by atoms with Crippen LogP contribution >= 0.6 is 38.5 Å². The number of halogens is 3. The highest BCUT2D eigenvalue weighted by molar-refractivity contribution is 14.1. The number of aromatic nitrogens is 6. The van der Waals surface area contributed by atoms with Crippen molar-refractivity contribution in [2.45, 2.75) is 39.6 Å². The van der Waals surface area contributed by atoms with E-state index in [1.54, 1.807) is 9.36 Å². The minimum absolute atomic E-state index is 0.00979. The summed E-state index contributed by atoms with van der Waals surface area (Å²) >= 11 is 5.10. The van der Waals surface area contributed by atoms with Crippen molar-refractivity contribution in [2.75, 3.05) is 360 Å². The van der Waals surface area contributed by atoms with Crippen molar-refractivity contribution >= 4 is 50.3 Å². The molecule has 2 rings (SSSR count). The zero-order valence-electron chi connectivity index (χ0n) is 62.8. The van der Waals surface area contributed by atoms with Gasteiger partial charge < -0.3 is 134 Å². The topological polar surface area (TPSA) is 360 Å². The van der Waals surface area contributed by atoms with E-state index in [1.807, 2.05) is 35.0 Å². The van der Waals surface area contributed by atoms with Gasteiger partial charge in [0.1, 0.15) is 18.1 Å². The number of nitrogens with one attached hydrogen (secondary N) is 2. The van der Waals surface area contributed by atoms with Crippen molar-refractivity contribution in [3.8, 4) is 0 Å². The summed E-state index contributed by atoms with van der Waals surface area (Å²) in [6.07, 6.45) is 4.69. The Morgan fingerprint density at radius 2 is 0.528 bits per heavy atom. The summed E-state index contributed by atoms with van der Waals surface area (Å²) in [4.78, 5) is 22.1. The van der Waals surface area contributed by atoms with Crippen LogP contribution in [0.4, 0.5) is 4.39 Å². The number of ether oxygens (including phenoxy) is 26. The van der Waals surface area contributed by atoms with E-state index in [1.165, 1.54) is 0 Å². The SMILES string of the molecule is CCCOCCOCCOCCOCCOCCOCCOCCn1cc(COCCOCCOCCOCCOCCOCCNC(=O)CI)nn1.O=C(CBr)NCCOCCOCCOCCOCCOCCOCc1cn(CCOCCOCCOCCOCCOCCOCCOCC[18F])nn1. The first kappa shape index (κ1) is 101. The van der Waals surface area contributed by atoms with Crippen LogP contribution in [0.5, 0.6) is 0 Å². The Kier molecular flexibility index (Phi) is 84.0. The van der Waals surface area contributed by atoms with Crippen LogP contribution in [0.2, 0.25) is 0 Å². The number of carbonyl (C=O) groups excluding carboxylic acids is 2. The molecule has 0 atom stereocenters. The maximum absolute atomic E-state index is 11.9. The number of hydrogen-bond acceptors (Lipinski definition) is 32. The average molecular weight is 1720 g/mol. The average Bonchev–Trinajstić information content (AvgIpc) is 1.80. The van der Waals surface area contributed by atoms with Crippen molar-refractivity contribution in [2.24, 2.45) is 0 Å². The monoisotopic (exact) mass is 1720 g/mol. The minimum atomic E-state index is -0.481. The first-order valence-electron chi connectivity index (χ1n) is 36.5. The first-order valence-corrected chi connectivity index (χ1v) is 39.2. The molecule has 0 radical (unpaired) electrons. The summed E-state index contributed by atoms with van der Waals surface area (Å²) in [7, 11) is 0. The molecule has 0 unspecified atom stereocenters. The lowest BCUT2D eigenvalue weighted by Gasteiger charge is -2.08. The molecule has 2 N–H and O–H groups in total. The summed E-state index contributed by atoms with van der Waals surface area (Å²) < 4.78 is 157. The van der Waals surface area contributed by atoms with Crippen LogP contribution in [0.3, 0.4) is 0 Å². The Labute approximate surface area is 648 Å². The third-order valence-electron chi connectivity index (χ3n) is 12.7. The van der Waals surface area contributed by atoms with E-state index >= 15 is 0 Å². The molecule has 2 aromatic heterocycles. The molecular formula is C67H127BrFIN8O28. The molecule has 0 aliphatic rings. The van der Waals surface area contributed by atoms with Crippen molar-refractivity contribution in [1.29, 1.82) is 0 Å². The lowest BCUT2D eigenvalue weighted by Crippen LogP contribution is -2.28. The molecule has 0 aliphatic carbocycles. The fraction of sp³-hybridized carbons (Fsp3) is 0.910. The molecule has 106 heavy (non-hydrogen) atoms. The largest absolute Gasteiger partial charge is 0.379 e. The number of alkyl halides is 3. The summed E-state index contributed by atoms with van der Waals surface area (Å²) in [6, 6.07) is 0. The van der Waals surface area contributed by atoms with Crippen LogP contribution in [0.1, 0.15) is 24.7 Å². The van der Waals surface area contributed by atoms with Crippen LogP contribution in [0.25, 0.3) is 0 Å². The molecular weight excluding hydrogens is 1590 g/mol.